The lowest BCUT2D eigenvalue weighted by Crippen LogP contribution is -2.41. The van der Waals surface area contributed by atoms with Gasteiger partial charge in [-0.15, -0.1) is 0 Å². The monoisotopic (exact) mass is 646 g/mol. The smallest absolute Gasteiger partial charge is 0.266 e. The van der Waals surface area contributed by atoms with Crippen LogP contribution in [-0.2, 0) is 6.54 Å². The van der Waals surface area contributed by atoms with Gasteiger partial charge in [0.2, 0.25) is 0 Å². The zero-order chi connectivity index (χ0) is 32.5. The molecule has 1 aliphatic carbocycles. The number of amides is 3. The Labute approximate surface area is 276 Å². The molecule has 7 rings (SSSR count). The minimum absolute atomic E-state index is 0.0838. The van der Waals surface area contributed by atoms with Gasteiger partial charge in [0.25, 0.3) is 17.7 Å². The van der Waals surface area contributed by atoms with E-state index in [0.717, 1.165) is 41.7 Å². The largest absolute Gasteiger partial charge is 0.495 e. The van der Waals surface area contributed by atoms with Gasteiger partial charge < -0.3 is 9.64 Å². The van der Waals surface area contributed by atoms with E-state index in [2.05, 4.69) is 4.98 Å². The first-order valence-corrected chi connectivity index (χ1v) is 15.9. The van der Waals surface area contributed by atoms with E-state index >= 15 is 0 Å². The van der Waals surface area contributed by atoms with Gasteiger partial charge in [0.05, 0.1) is 35.5 Å². The van der Waals surface area contributed by atoms with Crippen molar-refractivity contribution in [3.8, 4) is 28.5 Å². The number of hydrogen-bond donors (Lipinski definition) is 0. The lowest BCUT2D eigenvalue weighted by atomic mass is 10.1. The fourth-order valence-electron chi connectivity index (χ4n) is 6.35. The number of aromatic nitrogens is 4. The summed E-state index contributed by atoms with van der Waals surface area (Å²) in [6, 6.07) is 22.7. The quantitative estimate of drug-likeness (QED) is 0.167. The van der Waals surface area contributed by atoms with Gasteiger partial charge in [-0.2, -0.15) is 5.10 Å². The number of carbonyl (C=O) groups is 3. The van der Waals surface area contributed by atoms with E-state index in [1.54, 1.807) is 80.2 Å². The number of imide groups is 1. The molecule has 0 bridgehead atoms. The molecule has 3 amide bonds. The Morgan fingerprint density at radius 2 is 1.60 bits per heavy atom. The van der Waals surface area contributed by atoms with Gasteiger partial charge in [-0.3, -0.25) is 19.4 Å². The van der Waals surface area contributed by atoms with Gasteiger partial charge in [0.15, 0.2) is 11.6 Å². The van der Waals surface area contributed by atoms with Crippen LogP contribution in [0.5, 0.6) is 5.75 Å². The summed E-state index contributed by atoms with van der Waals surface area (Å²) in [7, 11) is 1.57. The molecule has 2 aromatic heterocycles. The van der Waals surface area contributed by atoms with Gasteiger partial charge in [-0.05, 0) is 79.6 Å². The summed E-state index contributed by atoms with van der Waals surface area (Å²) in [6.45, 7) is 0.798. The van der Waals surface area contributed by atoms with Crippen molar-refractivity contribution in [3.63, 3.8) is 0 Å². The van der Waals surface area contributed by atoms with E-state index in [4.69, 9.17) is 26.4 Å². The van der Waals surface area contributed by atoms with E-state index in [-0.39, 0.29) is 23.8 Å². The molecule has 0 spiro atoms. The van der Waals surface area contributed by atoms with Crippen molar-refractivity contribution in [2.24, 2.45) is 0 Å². The van der Waals surface area contributed by atoms with Gasteiger partial charge in [-0.25, -0.2) is 14.6 Å². The third-order valence-corrected chi connectivity index (χ3v) is 9.06. The first kappa shape index (κ1) is 30.3. The van der Waals surface area contributed by atoms with Crippen molar-refractivity contribution < 1.29 is 19.1 Å². The second-order valence-corrected chi connectivity index (χ2v) is 11.9. The Hall–Kier alpha value is -5.35. The number of anilines is 1. The molecule has 0 radical (unpaired) electrons. The molecule has 2 aliphatic rings. The molecule has 3 heterocycles. The number of fused-ring (bicyclic) bond motifs is 1. The lowest BCUT2D eigenvalue weighted by Gasteiger charge is -2.29. The molecule has 0 atom stereocenters. The molecule has 0 N–H and O–H groups in total. The van der Waals surface area contributed by atoms with Gasteiger partial charge in [-0.1, -0.05) is 36.6 Å². The number of hydrogen-bond acceptors (Lipinski definition) is 7. The van der Waals surface area contributed by atoms with Crippen LogP contribution >= 0.6 is 11.6 Å². The van der Waals surface area contributed by atoms with Crippen molar-refractivity contribution in [1.82, 2.24) is 24.6 Å². The third-order valence-electron chi connectivity index (χ3n) is 8.77. The summed E-state index contributed by atoms with van der Waals surface area (Å²) < 4.78 is 7.16. The first-order valence-electron chi connectivity index (χ1n) is 15.5. The van der Waals surface area contributed by atoms with Crippen LogP contribution < -0.4 is 9.64 Å². The molecule has 5 aromatic rings. The number of rotatable bonds is 9. The van der Waals surface area contributed by atoms with Crippen LogP contribution in [0.1, 0.15) is 56.8 Å². The van der Waals surface area contributed by atoms with Gasteiger partial charge >= 0.3 is 0 Å². The number of ether oxygens (including phenoxy) is 1. The third kappa shape index (κ3) is 5.76. The van der Waals surface area contributed by atoms with Crippen LogP contribution in [0, 0.1) is 0 Å². The minimum Gasteiger partial charge on any atom is -0.495 e. The number of benzene rings is 3. The topological polar surface area (TPSA) is 111 Å². The predicted octanol–water partition coefficient (Wildman–Crippen LogP) is 6.55. The molecular weight excluding hydrogens is 616 g/mol. The summed E-state index contributed by atoms with van der Waals surface area (Å²) >= 11 is 6.49. The van der Waals surface area contributed by atoms with Gasteiger partial charge in [0, 0.05) is 41.7 Å². The second kappa shape index (κ2) is 12.8. The maximum Gasteiger partial charge on any atom is 0.266 e. The van der Waals surface area contributed by atoms with Gasteiger partial charge in [0.1, 0.15) is 5.75 Å². The van der Waals surface area contributed by atoms with Crippen LogP contribution in [0.25, 0.3) is 22.8 Å². The Morgan fingerprint density at radius 1 is 0.915 bits per heavy atom. The fourth-order valence-corrected chi connectivity index (χ4v) is 6.61. The Bertz CT molecular complexity index is 1940. The molecule has 1 saturated carbocycles. The predicted molar refractivity (Wildman–Crippen MR) is 178 cm³/mol. The first-order chi connectivity index (χ1) is 22.9. The average Bonchev–Trinajstić information content (AvgIpc) is 3.85. The summed E-state index contributed by atoms with van der Waals surface area (Å²) in [5, 5.41) is 5.30. The standard InChI is InChI=1S/C36H31ClN6O4/c1-47-31-15-12-25(22-30(31)37)33-39-32(23-16-18-38-19-17-23)40-42(33)21-20-41(26-6-2-3-7-26)34(44)24-10-13-27(14-11-24)43-35(45)28-8-4-5-9-29(28)36(43)46/h4-5,8-19,22,26H,2-3,6-7,20-21H2,1H3. The Morgan fingerprint density at radius 3 is 2.23 bits per heavy atom. The van der Waals surface area contributed by atoms with Crippen LogP contribution in [0.3, 0.4) is 0 Å². The Balaban J connectivity index is 1.16. The van der Waals surface area contributed by atoms with Crippen molar-refractivity contribution in [2.75, 3.05) is 18.6 Å². The number of pyridine rings is 1. The lowest BCUT2D eigenvalue weighted by molar-refractivity contribution is 0.0671. The molecule has 0 unspecified atom stereocenters. The molecule has 10 nitrogen and oxygen atoms in total. The Kier molecular flexibility index (Phi) is 8.26. The SMILES string of the molecule is COc1ccc(-c2nc(-c3ccncc3)nn2CCN(C(=O)c2ccc(N3C(=O)c4ccccc4C3=O)cc2)C2CCCC2)cc1Cl. The van der Waals surface area contributed by atoms with E-state index in [1.807, 2.05) is 27.8 Å². The maximum absolute atomic E-state index is 14.1. The molecular formula is C36H31ClN6O4. The second-order valence-electron chi connectivity index (χ2n) is 11.5. The molecule has 1 fully saturated rings. The molecule has 0 saturated heterocycles. The van der Waals surface area contributed by atoms with E-state index < -0.39 is 0 Å². The molecule has 47 heavy (non-hydrogen) atoms. The highest BCUT2D eigenvalue weighted by Crippen LogP contribution is 2.32. The summed E-state index contributed by atoms with van der Waals surface area (Å²) in [5.74, 6) is 0.856. The molecule has 236 valence electrons. The van der Waals surface area contributed by atoms with Crippen LogP contribution in [0.15, 0.2) is 91.3 Å². The highest BCUT2D eigenvalue weighted by molar-refractivity contribution is 6.34. The van der Waals surface area contributed by atoms with Crippen molar-refractivity contribution >= 4 is 35.0 Å². The highest BCUT2D eigenvalue weighted by Gasteiger charge is 2.36. The summed E-state index contributed by atoms with van der Waals surface area (Å²) in [5.41, 5.74) is 3.25. The van der Waals surface area contributed by atoms with E-state index in [9.17, 15) is 14.4 Å². The zero-order valence-electron chi connectivity index (χ0n) is 25.7. The molecule has 1 aliphatic heterocycles. The van der Waals surface area contributed by atoms with Crippen molar-refractivity contribution in [3.05, 3.63) is 113 Å². The number of nitrogens with zero attached hydrogens (tertiary/aromatic N) is 6. The number of carbonyl (C=O) groups excluding carboxylic acids is 3. The molecule has 11 heteroatoms. The van der Waals surface area contributed by atoms with Crippen LogP contribution in [0.2, 0.25) is 5.02 Å². The fraction of sp³-hybridized carbons (Fsp3) is 0.222. The normalized spacial score (nSPS) is 14.5. The van der Waals surface area contributed by atoms with E-state index in [0.29, 0.717) is 57.9 Å². The summed E-state index contributed by atoms with van der Waals surface area (Å²) in [6.07, 6.45) is 7.33. The van der Waals surface area contributed by atoms with Crippen LogP contribution in [0.4, 0.5) is 5.69 Å². The molecule has 3 aromatic carbocycles. The van der Waals surface area contributed by atoms with Crippen LogP contribution in [-0.4, -0.2) is 62.1 Å². The zero-order valence-corrected chi connectivity index (χ0v) is 26.4. The minimum atomic E-state index is -0.370. The highest BCUT2D eigenvalue weighted by atomic mass is 35.5. The number of halogens is 1. The van der Waals surface area contributed by atoms with Crippen molar-refractivity contribution in [2.45, 2.75) is 38.3 Å². The average molecular weight is 647 g/mol. The van der Waals surface area contributed by atoms with Crippen molar-refractivity contribution in [1.29, 1.82) is 0 Å². The van der Waals surface area contributed by atoms with E-state index in [1.165, 1.54) is 0 Å². The summed E-state index contributed by atoms with van der Waals surface area (Å²) in [4.78, 5) is 52.1. The maximum atomic E-state index is 14.1. The number of methoxy groups -OCH3 is 1.